The molecule has 22 heavy (non-hydrogen) atoms. The van der Waals surface area contributed by atoms with Crippen LogP contribution in [0.25, 0.3) is 0 Å². The summed E-state index contributed by atoms with van der Waals surface area (Å²) in [6.45, 7) is 0.544. The molecule has 5 nitrogen and oxygen atoms in total. The number of ether oxygens (including phenoxy) is 1. The number of thioether (sulfide) groups is 1. The minimum Gasteiger partial charge on any atom is -0.496 e. The van der Waals surface area contributed by atoms with Gasteiger partial charge in [0, 0.05) is 24.7 Å². The topological polar surface area (TPSA) is 62.7 Å². The van der Waals surface area contributed by atoms with Crippen LogP contribution in [0.2, 0.25) is 0 Å². The largest absolute Gasteiger partial charge is 0.496 e. The minimum atomic E-state index is -0.981. The first-order valence-electron chi connectivity index (χ1n) is 6.67. The first kappa shape index (κ1) is 16.2. The van der Waals surface area contributed by atoms with E-state index in [1.165, 1.54) is 0 Å². The van der Waals surface area contributed by atoms with Gasteiger partial charge in [0.2, 0.25) is 0 Å². The second-order valence-corrected chi connectivity index (χ2v) is 5.57. The number of aromatic carboxylic acids is 1. The van der Waals surface area contributed by atoms with Gasteiger partial charge in [-0.3, -0.25) is 0 Å². The van der Waals surface area contributed by atoms with Crippen LogP contribution in [-0.4, -0.2) is 36.5 Å². The maximum absolute atomic E-state index is 11.3. The Morgan fingerprint density at radius 1 is 1.41 bits per heavy atom. The van der Waals surface area contributed by atoms with E-state index in [2.05, 4.69) is 4.98 Å². The van der Waals surface area contributed by atoms with Gasteiger partial charge in [0.15, 0.2) is 0 Å². The van der Waals surface area contributed by atoms with Crippen LogP contribution in [0.3, 0.4) is 0 Å². The summed E-state index contributed by atoms with van der Waals surface area (Å²) in [6.07, 6.45) is 3.59. The molecule has 6 heteroatoms. The molecule has 116 valence electrons. The quantitative estimate of drug-likeness (QED) is 0.826. The van der Waals surface area contributed by atoms with E-state index in [1.54, 1.807) is 37.2 Å². The fourth-order valence-corrected chi connectivity index (χ4v) is 2.74. The summed E-state index contributed by atoms with van der Waals surface area (Å²) in [6, 6.07) is 9.15. The number of anilines is 1. The molecule has 1 heterocycles. The number of nitrogens with zero attached hydrogens (tertiary/aromatic N) is 2. The van der Waals surface area contributed by atoms with Crippen LogP contribution in [0.4, 0.5) is 5.82 Å². The van der Waals surface area contributed by atoms with Gasteiger partial charge in [-0.25, -0.2) is 9.78 Å². The third kappa shape index (κ3) is 3.51. The fraction of sp³-hybridized carbons (Fsp3) is 0.250. The maximum atomic E-state index is 11.3. The summed E-state index contributed by atoms with van der Waals surface area (Å²) >= 11 is 1.62. The highest BCUT2D eigenvalue weighted by molar-refractivity contribution is 7.98. The van der Waals surface area contributed by atoms with Gasteiger partial charge in [0.25, 0.3) is 0 Å². The average molecular weight is 318 g/mol. The van der Waals surface area contributed by atoms with Crippen LogP contribution in [0.1, 0.15) is 15.9 Å². The normalized spacial score (nSPS) is 10.3. The number of benzene rings is 1. The van der Waals surface area contributed by atoms with E-state index < -0.39 is 5.97 Å². The van der Waals surface area contributed by atoms with E-state index in [1.807, 2.05) is 36.4 Å². The van der Waals surface area contributed by atoms with Crippen molar-refractivity contribution in [1.82, 2.24) is 4.98 Å². The Kier molecular flexibility index (Phi) is 5.27. The number of carboxylic acid groups (broad SMARTS) is 1. The molecular weight excluding hydrogens is 300 g/mol. The Labute approximate surface area is 133 Å². The van der Waals surface area contributed by atoms with Crippen molar-refractivity contribution in [2.24, 2.45) is 0 Å². The Bertz CT molecular complexity index is 676. The van der Waals surface area contributed by atoms with Crippen molar-refractivity contribution < 1.29 is 14.6 Å². The van der Waals surface area contributed by atoms with Crippen molar-refractivity contribution in [3.63, 3.8) is 0 Å². The lowest BCUT2D eigenvalue weighted by atomic mass is 10.2. The van der Waals surface area contributed by atoms with Gasteiger partial charge in [0.1, 0.15) is 17.1 Å². The predicted octanol–water partition coefficient (Wildman–Crippen LogP) is 3.15. The van der Waals surface area contributed by atoms with Crippen LogP contribution in [0, 0.1) is 0 Å². The zero-order valence-electron chi connectivity index (χ0n) is 12.7. The second-order valence-electron chi connectivity index (χ2n) is 4.73. The lowest BCUT2D eigenvalue weighted by molar-refractivity contribution is 0.0697. The molecule has 0 aliphatic heterocycles. The van der Waals surface area contributed by atoms with E-state index >= 15 is 0 Å². The highest BCUT2D eigenvalue weighted by Crippen LogP contribution is 2.29. The van der Waals surface area contributed by atoms with Gasteiger partial charge < -0.3 is 14.7 Å². The summed E-state index contributed by atoms with van der Waals surface area (Å²) in [5.41, 5.74) is 1.22. The number of carboxylic acids is 1. The van der Waals surface area contributed by atoms with E-state index in [-0.39, 0.29) is 5.56 Å². The van der Waals surface area contributed by atoms with Crippen LogP contribution in [0.5, 0.6) is 5.75 Å². The molecule has 2 aromatic rings. The maximum Gasteiger partial charge on any atom is 0.339 e. The number of hydrogen-bond donors (Lipinski definition) is 1. The van der Waals surface area contributed by atoms with Crippen molar-refractivity contribution in [2.75, 3.05) is 25.3 Å². The highest BCUT2D eigenvalue weighted by atomic mass is 32.2. The standard InChI is InChI=1S/C16H18N2O3S/c1-18(15-12(16(19)20)5-4-8-17-15)10-11-6-7-14(22-3)13(9-11)21-2/h4-9H,10H2,1-3H3,(H,19,20). The van der Waals surface area contributed by atoms with Gasteiger partial charge in [-0.15, -0.1) is 11.8 Å². The van der Waals surface area contributed by atoms with Crippen LogP contribution < -0.4 is 9.64 Å². The van der Waals surface area contributed by atoms with E-state index in [0.717, 1.165) is 16.2 Å². The molecule has 0 unspecified atom stereocenters. The highest BCUT2D eigenvalue weighted by Gasteiger charge is 2.15. The Balaban J connectivity index is 2.26. The van der Waals surface area contributed by atoms with Crippen LogP contribution in [0.15, 0.2) is 41.4 Å². The zero-order chi connectivity index (χ0) is 16.1. The molecule has 0 saturated carbocycles. The third-order valence-electron chi connectivity index (χ3n) is 3.25. The molecule has 1 aromatic heterocycles. The molecular formula is C16H18N2O3S. The number of carbonyl (C=O) groups is 1. The Morgan fingerprint density at radius 3 is 2.82 bits per heavy atom. The molecule has 0 saturated heterocycles. The summed E-state index contributed by atoms with van der Waals surface area (Å²) in [7, 11) is 3.47. The second kappa shape index (κ2) is 7.17. The SMILES string of the molecule is COc1cc(CN(C)c2ncccc2C(=O)O)ccc1SC. The molecule has 0 fully saturated rings. The molecule has 0 radical (unpaired) electrons. The minimum absolute atomic E-state index is 0.192. The van der Waals surface area contributed by atoms with Crippen LogP contribution >= 0.6 is 11.8 Å². The molecule has 1 aromatic carbocycles. The summed E-state index contributed by atoms with van der Waals surface area (Å²) in [5.74, 6) is 0.283. The molecule has 0 aliphatic carbocycles. The third-order valence-corrected chi connectivity index (χ3v) is 4.02. The molecule has 1 N–H and O–H groups in total. The van der Waals surface area contributed by atoms with Gasteiger partial charge in [-0.2, -0.15) is 0 Å². The van der Waals surface area contributed by atoms with Gasteiger partial charge in [-0.1, -0.05) is 6.07 Å². The van der Waals surface area contributed by atoms with Crippen molar-refractivity contribution in [3.05, 3.63) is 47.7 Å². The van der Waals surface area contributed by atoms with Gasteiger partial charge in [-0.05, 0) is 36.1 Å². The van der Waals surface area contributed by atoms with Crippen molar-refractivity contribution in [3.8, 4) is 5.75 Å². The first-order chi connectivity index (χ1) is 10.6. The molecule has 0 atom stereocenters. The fourth-order valence-electron chi connectivity index (χ4n) is 2.20. The van der Waals surface area contributed by atoms with Crippen molar-refractivity contribution >= 4 is 23.5 Å². The number of rotatable bonds is 6. The molecule has 2 rings (SSSR count). The number of methoxy groups -OCH3 is 1. The van der Waals surface area contributed by atoms with Crippen molar-refractivity contribution in [2.45, 2.75) is 11.4 Å². The lowest BCUT2D eigenvalue weighted by Gasteiger charge is -2.20. The van der Waals surface area contributed by atoms with Gasteiger partial charge in [0.05, 0.1) is 7.11 Å². The van der Waals surface area contributed by atoms with Crippen LogP contribution in [-0.2, 0) is 6.54 Å². The summed E-state index contributed by atoms with van der Waals surface area (Å²) < 4.78 is 5.38. The monoisotopic (exact) mass is 318 g/mol. The van der Waals surface area contributed by atoms with Crippen molar-refractivity contribution in [1.29, 1.82) is 0 Å². The first-order valence-corrected chi connectivity index (χ1v) is 7.89. The Hall–Kier alpha value is -2.21. The zero-order valence-corrected chi connectivity index (χ0v) is 13.6. The smallest absolute Gasteiger partial charge is 0.339 e. The number of pyridine rings is 1. The number of aromatic nitrogens is 1. The predicted molar refractivity (Wildman–Crippen MR) is 88.1 cm³/mol. The van der Waals surface area contributed by atoms with E-state index in [0.29, 0.717) is 12.4 Å². The molecule has 0 bridgehead atoms. The van der Waals surface area contributed by atoms with E-state index in [4.69, 9.17) is 4.74 Å². The van der Waals surface area contributed by atoms with E-state index in [9.17, 15) is 9.90 Å². The Morgan fingerprint density at radius 2 is 2.18 bits per heavy atom. The summed E-state index contributed by atoms with van der Waals surface area (Å²) in [5, 5.41) is 9.24. The molecule has 0 spiro atoms. The number of hydrogen-bond acceptors (Lipinski definition) is 5. The average Bonchev–Trinajstić information content (AvgIpc) is 2.54. The summed E-state index contributed by atoms with van der Waals surface area (Å²) in [4.78, 5) is 18.3. The lowest BCUT2D eigenvalue weighted by Crippen LogP contribution is -2.20. The molecule has 0 amide bonds. The molecule has 0 aliphatic rings. The van der Waals surface area contributed by atoms with Gasteiger partial charge >= 0.3 is 5.97 Å².